The van der Waals surface area contributed by atoms with E-state index in [1.165, 1.54) is 0 Å². The minimum atomic E-state index is 0.0139. The van der Waals surface area contributed by atoms with E-state index in [2.05, 4.69) is 42.8 Å². The smallest absolute Gasteiger partial charge is 0.142 e. The Labute approximate surface area is 89.7 Å². The lowest BCUT2D eigenvalue weighted by molar-refractivity contribution is 0.571. The predicted molar refractivity (Wildman–Crippen MR) is 62.4 cm³/mol. The largest absolute Gasteiger partial charge is 0.277 e. The maximum absolute atomic E-state index is 4.20. The van der Waals surface area contributed by atoms with Gasteiger partial charge in [-0.3, -0.25) is 5.10 Å². The number of aromatic amines is 1. The molecule has 2 rings (SSSR count). The molecule has 1 aromatic heterocycles. The van der Waals surface area contributed by atoms with E-state index in [1.54, 1.807) is 0 Å². The Bertz CT molecular complexity index is 533. The topological polar surface area (TPSA) is 28.7 Å². The highest BCUT2D eigenvalue weighted by Crippen LogP contribution is 2.15. The third-order valence-electron chi connectivity index (χ3n) is 2.03. The first kappa shape index (κ1) is 9.79. The second-order valence-electron chi connectivity index (χ2n) is 4.62. The molecule has 1 heterocycles. The van der Waals surface area contributed by atoms with Gasteiger partial charge in [-0.25, -0.2) is 0 Å². The summed E-state index contributed by atoms with van der Waals surface area (Å²) in [7, 11) is 0. The Hall–Kier alpha value is -1.75. The van der Waals surface area contributed by atoms with Crippen LogP contribution >= 0.6 is 0 Å². The van der Waals surface area contributed by atoms with Crippen LogP contribution in [0.1, 0.15) is 26.5 Å². The predicted octanol–water partition coefficient (Wildman–Crippen LogP) is 2.96. The van der Waals surface area contributed by atoms with Gasteiger partial charge in [0.2, 0.25) is 0 Å². The summed E-state index contributed by atoms with van der Waals surface area (Å²) in [6.45, 7) is 6.28. The molecule has 0 saturated heterocycles. The molecule has 0 atom stereocenters. The molecule has 76 valence electrons. The Morgan fingerprint density at radius 2 is 1.93 bits per heavy atom. The van der Waals surface area contributed by atoms with E-state index in [4.69, 9.17) is 0 Å². The molecule has 0 spiro atoms. The van der Waals surface area contributed by atoms with Crippen LogP contribution < -0.4 is 0 Å². The second-order valence-corrected chi connectivity index (χ2v) is 4.62. The summed E-state index contributed by atoms with van der Waals surface area (Å²) < 4.78 is 0. The fourth-order valence-electron chi connectivity index (χ4n) is 1.31. The molecule has 0 aliphatic rings. The average molecular weight is 198 g/mol. The van der Waals surface area contributed by atoms with Gasteiger partial charge in [0, 0.05) is 10.8 Å². The van der Waals surface area contributed by atoms with Crippen molar-refractivity contribution in [3.8, 4) is 11.8 Å². The van der Waals surface area contributed by atoms with Crippen molar-refractivity contribution < 1.29 is 0 Å². The summed E-state index contributed by atoms with van der Waals surface area (Å²) in [5.41, 5.74) is 1.89. The van der Waals surface area contributed by atoms with E-state index in [9.17, 15) is 0 Å². The third-order valence-corrected chi connectivity index (χ3v) is 2.03. The molecule has 0 amide bonds. The lowest BCUT2D eigenvalue weighted by Gasteiger charge is -2.06. The number of rotatable bonds is 0. The second kappa shape index (κ2) is 3.43. The molecule has 2 heteroatoms. The van der Waals surface area contributed by atoms with Gasteiger partial charge in [-0.05, 0) is 38.8 Å². The van der Waals surface area contributed by atoms with Gasteiger partial charge in [0.1, 0.15) is 5.69 Å². The number of hydrogen-bond acceptors (Lipinski definition) is 1. The van der Waals surface area contributed by atoms with Crippen LogP contribution in [0.4, 0.5) is 0 Å². The van der Waals surface area contributed by atoms with Gasteiger partial charge >= 0.3 is 0 Å². The van der Waals surface area contributed by atoms with Gasteiger partial charge in [0.05, 0.1) is 5.52 Å². The van der Waals surface area contributed by atoms with E-state index in [0.717, 1.165) is 16.6 Å². The van der Waals surface area contributed by atoms with Crippen LogP contribution in [0.3, 0.4) is 0 Å². The monoisotopic (exact) mass is 198 g/mol. The first-order valence-electron chi connectivity index (χ1n) is 5.02. The van der Waals surface area contributed by atoms with Crippen molar-refractivity contribution in [1.29, 1.82) is 0 Å². The summed E-state index contributed by atoms with van der Waals surface area (Å²) in [6.07, 6.45) is 0. The standard InChI is InChI=1S/C13H14N2/c1-13(2,3)9-8-12-10-6-4-5-7-11(10)14-15-12/h4-7H,1-3H3,(H,14,15). The van der Waals surface area contributed by atoms with Crippen molar-refractivity contribution >= 4 is 10.9 Å². The Morgan fingerprint density at radius 3 is 2.67 bits per heavy atom. The normalized spacial score (nSPS) is 11.1. The molecule has 1 N–H and O–H groups in total. The molecule has 2 nitrogen and oxygen atoms in total. The van der Waals surface area contributed by atoms with Crippen LogP contribution in [0.15, 0.2) is 24.3 Å². The minimum Gasteiger partial charge on any atom is -0.277 e. The van der Waals surface area contributed by atoms with Gasteiger partial charge in [-0.1, -0.05) is 18.1 Å². The Morgan fingerprint density at radius 1 is 1.20 bits per heavy atom. The van der Waals surface area contributed by atoms with E-state index in [1.807, 2.05) is 24.3 Å². The summed E-state index contributed by atoms with van der Waals surface area (Å²) in [6, 6.07) is 8.03. The van der Waals surface area contributed by atoms with Crippen LogP contribution in [0, 0.1) is 17.3 Å². The van der Waals surface area contributed by atoms with Gasteiger partial charge in [0.25, 0.3) is 0 Å². The van der Waals surface area contributed by atoms with Gasteiger partial charge in [0.15, 0.2) is 0 Å². The highest BCUT2D eigenvalue weighted by molar-refractivity contribution is 5.83. The Balaban J connectivity index is 2.48. The summed E-state index contributed by atoms with van der Waals surface area (Å²) in [5.74, 6) is 6.30. The molecule has 15 heavy (non-hydrogen) atoms. The molecular formula is C13H14N2. The molecular weight excluding hydrogens is 184 g/mol. The summed E-state index contributed by atoms with van der Waals surface area (Å²) in [4.78, 5) is 0. The van der Waals surface area contributed by atoms with Crippen LogP contribution in [0.5, 0.6) is 0 Å². The van der Waals surface area contributed by atoms with Crippen LogP contribution in [0.25, 0.3) is 10.9 Å². The van der Waals surface area contributed by atoms with Crippen molar-refractivity contribution in [3.05, 3.63) is 30.0 Å². The SMILES string of the molecule is CC(C)(C)C#Cc1n[nH]c2ccccc12. The van der Waals surface area contributed by atoms with E-state index < -0.39 is 0 Å². The number of nitrogens with zero attached hydrogens (tertiary/aromatic N) is 1. The molecule has 0 fully saturated rings. The lowest BCUT2D eigenvalue weighted by atomic mass is 9.98. The van der Waals surface area contributed by atoms with Crippen molar-refractivity contribution in [2.45, 2.75) is 20.8 Å². The number of benzene rings is 1. The van der Waals surface area contributed by atoms with Crippen LogP contribution in [-0.2, 0) is 0 Å². The number of nitrogens with one attached hydrogen (secondary N) is 1. The lowest BCUT2D eigenvalue weighted by Crippen LogP contribution is -1.99. The van der Waals surface area contributed by atoms with Crippen molar-refractivity contribution in [2.75, 3.05) is 0 Å². The maximum atomic E-state index is 4.20. The van der Waals surface area contributed by atoms with Crippen molar-refractivity contribution in [1.82, 2.24) is 10.2 Å². The van der Waals surface area contributed by atoms with Crippen LogP contribution in [0.2, 0.25) is 0 Å². The maximum Gasteiger partial charge on any atom is 0.142 e. The number of fused-ring (bicyclic) bond motifs is 1. The minimum absolute atomic E-state index is 0.0139. The Kier molecular flexibility index (Phi) is 2.24. The molecule has 0 aliphatic carbocycles. The van der Waals surface area contributed by atoms with Crippen LogP contribution in [-0.4, -0.2) is 10.2 Å². The van der Waals surface area contributed by atoms with Gasteiger partial charge < -0.3 is 0 Å². The quantitative estimate of drug-likeness (QED) is 0.648. The van der Waals surface area contributed by atoms with Gasteiger partial charge in [-0.2, -0.15) is 5.10 Å². The number of para-hydroxylation sites is 1. The summed E-state index contributed by atoms with van der Waals surface area (Å²) in [5, 5.41) is 8.26. The van der Waals surface area contributed by atoms with E-state index in [-0.39, 0.29) is 5.41 Å². The molecule has 0 saturated carbocycles. The molecule has 1 aromatic carbocycles. The highest BCUT2D eigenvalue weighted by Gasteiger charge is 2.05. The zero-order valence-corrected chi connectivity index (χ0v) is 9.26. The third kappa shape index (κ3) is 2.19. The number of hydrogen-bond donors (Lipinski definition) is 1. The molecule has 0 radical (unpaired) electrons. The number of aromatic nitrogens is 2. The molecule has 0 unspecified atom stereocenters. The van der Waals surface area contributed by atoms with Crippen molar-refractivity contribution in [2.24, 2.45) is 5.41 Å². The van der Waals surface area contributed by atoms with E-state index in [0.29, 0.717) is 0 Å². The first-order chi connectivity index (χ1) is 7.06. The zero-order chi connectivity index (χ0) is 10.9. The first-order valence-corrected chi connectivity index (χ1v) is 5.02. The van der Waals surface area contributed by atoms with Gasteiger partial charge in [-0.15, -0.1) is 0 Å². The highest BCUT2D eigenvalue weighted by atomic mass is 15.1. The fourth-order valence-corrected chi connectivity index (χ4v) is 1.31. The van der Waals surface area contributed by atoms with Crippen molar-refractivity contribution in [3.63, 3.8) is 0 Å². The fraction of sp³-hybridized carbons (Fsp3) is 0.308. The van der Waals surface area contributed by atoms with E-state index >= 15 is 0 Å². The molecule has 0 bridgehead atoms. The summed E-state index contributed by atoms with van der Waals surface area (Å²) >= 11 is 0. The zero-order valence-electron chi connectivity index (χ0n) is 9.26. The molecule has 0 aliphatic heterocycles. The number of H-pyrrole nitrogens is 1. The average Bonchev–Trinajstić information content (AvgIpc) is 2.57. The molecule has 2 aromatic rings.